The summed E-state index contributed by atoms with van der Waals surface area (Å²) in [5.41, 5.74) is 2.17. The van der Waals surface area contributed by atoms with Crippen molar-refractivity contribution in [2.75, 3.05) is 25.1 Å². The highest BCUT2D eigenvalue weighted by molar-refractivity contribution is 6.02. The average Bonchev–Trinajstić information content (AvgIpc) is 2.74. The minimum atomic E-state index is 0.227. The maximum Gasteiger partial charge on any atom is 0.231 e. The number of ether oxygens (including phenoxy) is 1. The maximum absolute atomic E-state index is 12.2. The average molecular weight is 246 g/mol. The molecule has 1 amide bonds. The van der Waals surface area contributed by atoms with E-state index < -0.39 is 0 Å². The smallest absolute Gasteiger partial charge is 0.231 e. The van der Waals surface area contributed by atoms with Crippen LogP contribution in [0.15, 0.2) is 18.2 Å². The first kappa shape index (κ1) is 11.5. The molecule has 0 saturated carbocycles. The third-order valence-corrected chi connectivity index (χ3v) is 3.84. The molecule has 0 spiro atoms. The summed E-state index contributed by atoms with van der Waals surface area (Å²) in [4.78, 5) is 14.2. The third-order valence-electron chi connectivity index (χ3n) is 3.84. The van der Waals surface area contributed by atoms with Crippen LogP contribution < -0.4 is 15.0 Å². The Balaban J connectivity index is 1.93. The molecule has 96 valence electrons. The quantitative estimate of drug-likeness (QED) is 0.856. The molecule has 1 saturated heterocycles. The molecule has 0 radical (unpaired) electrons. The lowest BCUT2D eigenvalue weighted by atomic mass is 10.0. The number of amides is 1. The molecule has 18 heavy (non-hydrogen) atoms. The molecule has 1 aromatic rings. The van der Waals surface area contributed by atoms with Gasteiger partial charge in [-0.3, -0.25) is 4.79 Å². The molecular formula is C14H18N2O2. The molecule has 4 nitrogen and oxygen atoms in total. The summed E-state index contributed by atoms with van der Waals surface area (Å²) in [6.07, 6.45) is 2.59. The van der Waals surface area contributed by atoms with Crippen molar-refractivity contribution in [3.8, 4) is 5.75 Å². The second-order valence-electron chi connectivity index (χ2n) is 4.92. The highest BCUT2D eigenvalue weighted by Gasteiger charge is 2.33. The van der Waals surface area contributed by atoms with Crippen molar-refractivity contribution >= 4 is 11.6 Å². The van der Waals surface area contributed by atoms with E-state index in [2.05, 4.69) is 5.32 Å². The number of benzene rings is 1. The lowest BCUT2D eigenvalue weighted by Crippen LogP contribution is -2.44. The third kappa shape index (κ3) is 1.86. The van der Waals surface area contributed by atoms with Gasteiger partial charge in [-0.2, -0.15) is 0 Å². The molecule has 0 atom stereocenters. The van der Waals surface area contributed by atoms with E-state index in [1.54, 1.807) is 7.11 Å². The van der Waals surface area contributed by atoms with Crippen molar-refractivity contribution in [1.29, 1.82) is 0 Å². The molecule has 0 aliphatic carbocycles. The van der Waals surface area contributed by atoms with Gasteiger partial charge in [0.1, 0.15) is 5.75 Å². The number of anilines is 1. The van der Waals surface area contributed by atoms with Gasteiger partial charge in [0, 0.05) is 12.1 Å². The maximum atomic E-state index is 12.2. The first-order valence-electron chi connectivity index (χ1n) is 6.49. The van der Waals surface area contributed by atoms with Crippen molar-refractivity contribution in [3.63, 3.8) is 0 Å². The second kappa shape index (κ2) is 4.61. The summed E-state index contributed by atoms with van der Waals surface area (Å²) >= 11 is 0. The lowest BCUT2D eigenvalue weighted by Gasteiger charge is -2.32. The number of carbonyl (C=O) groups is 1. The number of fused-ring (bicyclic) bond motifs is 1. The van der Waals surface area contributed by atoms with Gasteiger partial charge in [-0.1, -0.05) is 6.07 Å². The van der Waals surface area contributed by atoms with Gasteiger partial charge < -0.3 is 15.0 Å². The number of methoxy groups -OCH3 is 1. The van der Waals surface area contributed by atoms with Crippen LogP contribution in [0.1, 0.15) is 18.4 Å². The molecule has 0 bridgehead atoms. The minimum absolute atomic E-state index is 0.227. The Bertz CT molecular complexity index is 467. The van der Waals surface area contributed by atoms with Gasteiger partial charge in [0.2, 0.25) is 5.91 Å². The fourth-order valence-electron chi connectivity index (χ4n) is 2.89. The van der Waals surface area contributed by atoms with E-state index >= 15 is 0 Å². The van der Waals surface area contributed by atoms with E-state index in [1.165, 1.54) is 0 Å². The Morgan fingerprint density at radius 3 is 2.83 bits per heavy atom. The number of rotatable bonds is 2. The number of nitrogens with one attached hydrogen (secondary N) is 1. The fraction of sp³-hybridized carbons (Fsp3) is 0.500. The predicted octanol–water partition coefficient (Wildman–Crippen LogP) is 1.34. The van der Waals surface area contributed by atoms with Gasteiger partial charge in [0.25, 0.3) is 0 Å². The van der Waals surface area contributed by atoms with Gasteiger partial charge >= 0.3 is 0 Å². The van der Waals surface area contributed by atoms with E-state index in [1.807, 2.05) is 23.1 Å². The van der Waals surface area contributed by atoms with Gasteiger partial charge in [-0.15, -0.1) is 0 Å². The molecule has 2 aliphatic rings. The number of nitrogens with zero attached hydrogens (tertiary/aromatic N) is 1. The van der Waals surface area contributed by atoms with Crippen LogP contribution in [0, 0.1) is 0 Å². The van der Waals surface area contributed by atoms with Gasteiger partial charge in [0.15, 0.2) is 0 Å². The van der Waals surface area contributed by atoms with E-state index in [4.69, 9.17) is 4.74 Å². The molecule has 0 aromatic heterocycles. The van der Waals surface area contributed by atoms with Crippen LogP contribution in [0.4, 0.5) is 5.69 Å². The summed E-state index contributed by atoms with van der Waals surface area (Å²) in [6.45, 7) is 1.99. The highest BCUT2D eigenvalue weighted by atomic mass is 16.5. The fourth-order valence-corrected chi connectivity index (χ4v) is 2.89. The van der Waals surface area contributed by atoms with Crippen LogP contribution in [0.5, 0.6) is 5.75 Å². The Morgan fingerprint density at radius 1 is 1.33 bits per heavy atom. The van der Waals surface area contributed by atoms with Crippen molar-refractivity contribution in [2.45, 2.75) is 25.3 Å². The number of hydrogen-bond donors (Lipinski definition) is 1. The Morgan fingerprint density at radius 2 is 2.11 bits per heavy atom. The first-order chi connectivity index (χ1) is 8.79. The van der Waals surface area contributed by atoms with Crippen LogP contribution in [-0.4, -0.2) is 32.1 Å². The lowest BCUT2D eigenvalue weighted by molar-refractivity contribution is -0.117. The van der Waals surface area contributed by atoms with Crippen LogP contribution in [0.2, 0.25) is 0 Å². The summed E-state index contributed by atoms with van der Waals surface area (Å²) in [7, 11) is 1.66. The second-order valence-corrected chi connectivity index (χ2v) is 4.92. The Kier molecular flexibility index (Phi) is 2.96. The topological polar surface area (TPSA) is 41.6 Å². The number of piperidine rings is 1. The number of hydrogen-bond acceptors (Lipinski definition) is 3. The molecular weight excluding hydrogens is 228 g/mol. The summed E-state index contributed by atoms with van der Waals surface area (Å²) in [5, 5.41) is 3.34. The first-order valence-corrected chi connectivity index (χ1v) is 6.49. The monoisotopic (exact) mass is 246 g/mol. The molecule has 0 unspecified atom stereocenters. The van der Waals surface area contributed by atoms with Crippen molar-refractivity contribution in [1.82, 2.24) is 5.32 Å². The molecule has 3 rings (SSSR count). The van der Waals surface area contributed by atoms with Crippen molar-refractivity contribution in [2.24, 2.45) is 0 Å². The summed E-state index contributed by atoms with van der Waals surface area (Å²) in [6, 6.07) is 6.26. The normalized spacial score (nSPS) is 20.1. The number of carbonyl (C=O) groups excluding carboxylic acids is 1. The molecule has 2 aliphatic heterocycles. The Hall–Kier alpha value is -1.55. The zero-order valence-electron chi connectivity index (χ0n) is 10.6. The van der Waals surface area contributed by atoms with Crippen LogP contribution in [0.25, 0.3) is 0 Å². The molecule has 1 aromatic carbocycles. The molecule has 4 heteroatoms. The summed E-state index contributed by atoms with van der Waals surface area (Å²) < 4.78 is 5.26. The van der Waals surface area contributed by atoms with Crippen molar-refractivity contribution in [3.05, 3.63) is 23.8 Å². The zero-order chi connectivity index (χ0) is 12.5. The molecule has 2 heterocycles. The SMILES string of the molecule is COc1ccc2c(c1)N(C1CCNCC1)C(=O)C2. The predicted molar refractivity (Wildman–Crippen MR) is 70.1 cm³/mol. The van der Waals surface area contributed by atoms with E-state index in [0.717, 1.165) is 42.9 Å². The van der Waals surface area contributed by atoms with Crippen LogP contribution >= 0.6 is 0 Å². The highest BCUT2D eigenvalue weighted by Crippen LogP contribution is 2.35. The van der Waals surface area contributed by atoms with Gasteiger partial charge in [0.05, 0.1) is 19.2 Å². The van der Waals surface area contributed by atoms with Gasteiger partial charge in [-0.25, -0.2) is 0 Å². The van der Waals surface area contributed by atoms with Crippen molar-refractivity contribution < 1.29 is 9.53 Å². The molecule has 1 fully saturated rings. The van der Waals surface area contributed by atoms with Crippen LogP contribution in [0.3, 0.4) is 0 Å². The van der Waals surface area contributed by atoms with Gasteiger partial charge in [-0.05, 0) is 37.6 Å². The zero-order valence-corrected chi connectivity index (χ0v) is 10.6. The largest absolute Gasteiger partial charge is 0.497 e. The standard InChI is InChI=1S/C14H18N2O2/c1-18-12-3-2-10-8-14(17)16(13(10)9-12)11-4-6-15-7-5-11/h2-3,9,11,15H,4-8H2,1H3. The Labute approximate surface area is 107 Å². The minimum Gasteiger partial charge on any atom is -0.497 e. The van der Waals surface area contributed by atoms with E-state index in [0.29, 0.717) is 12.5 Å². The van der Waals surface area contributed by atoms with E-state index in [-0.39, 0.29) is 5.91 Å². The van der Waals surface area contributed by atoms with E-state index in [9.17, 15) is 4.79 Å². The molecule has 1 N–H and O–H groups in total. The summed E-state index contributed by atoms with van der Waals surface area (Å²) in [5.74, 6) is 1.05. The van der Waals surface area contributed by atoms with Crippen LogP contribution in [-0.2, 0) is 11.2 Å².